The predicted octanol–water partition coefficient (Wildman–Crippen LogP) is 2.71. The molecule has 0 aliphatic carbocycles. The van der Waals surface area contributed by atoms with E-state index >= 15 is 0 Å². The van der Waals surface area contributed by atoms with Gasteiger partial charge in [0.05, 0.1) is 5.57 Å². The zero-order valence-electron chi connectivity index (χ0n) is 14.7. The van der Waals surface area contributed by atoms with Crippen molar-refractivity contribution >= 4 is 29.3 Å². The van der Waals surface area contributed by atoms with Crippen LogP contribution in [-0.4, -0.2) is 39.2 Å². The molecule has 1 heterocycles. The number of hydrogen-bond acceptors (Lipinski definition) is 5. The molecule has 6 nitrogen and oxygen atoms in total. The number of nitrogens with one attached hydrogen (secondary N) is 1. The van der Waals surface area contributed by atoms with Crippen LogP contribution in [0.4, 0.5) is 11.4 Å². The Morgan fingerprint density at radius 3 is 2.58 bits per heavy atom. The number of anilines is 2. The van der Waals surface area contributed by atoms with E-state index in [1.165, 1.54) is 0 Å². The molecule has 3 rings (SSSR count). The molecule has 0 aromatic heterocycles. The molecule has 0 bridgehead atoms. The van der Waals surface area contributed by atoms with E-state index in [1.807, 2.05) is 55.4 Å². The lowest BCUT2D eigenvalue weighted by Gasteiger charge is -2.17. The lowest BCUT2D eigenvalue weighted by Crippen LogP contribution is -2.23. The summed E-state index contributed by atoms with van der Waals surface area (Å²) in [6.07, 6.45) is 1.72. The summed E-state index contributed by atoms with van der Waals surface area (Å²) in [4.78, 5) is 26.1. The Kier molecular flexibility index (Phi) is 5.22. The molecule has 0 saturated heterocycles. The van der Waals surface area contributed by atoms with Gasteiger partial charge in [-0.05, 0) is 36.4 Å². The average Bonchev–Trinajstić information content (AvgIpc) is 2.66. The van der Waals surface area contributed by atoms with Gasteiger partial charge < -0.3 is 19.7 Å². The molecule has 2 aromatic carbocycles. The number of amides is 1. The van der Waals surface area contributed by atoms with Crippen LogP contribution in [0.3, 0.4) is 0 Å². The zero-order valence-corrected chi connectivity index (χ0v) is 14.7. The van der Waals surface area contributed by atoms with Crippen molar-refractivity contribution < 1.29 is 19.1 Å². The summed E-state index contributed by atoms with van der Waals surface area (Å²) in [7, 11) is 3.88. The van der Waals surface area contributed by atoms with E-state index in [0.29, 0.717) is 11.3 Å². The maximum atomic E-state index is 12.1. The van der Waals surface area contributed by atoms with Crippen LogP contribution in [0, 0.1) is 0 Å². The topological polar surface area (TPSA) is 67.9 Å². The first kappa shape index (κ1) is 17.5. The summed E-state index contributed by atoms with van der Waals surface area (Å²) in [6, 6.07) is 14.8. The average molecular weight is 352 g/mol. The second kappa shape index (κ2) is 7.74. The highest BCUT2D eigenvalue weighted by molar-refractivity contribution is 5.98. The zero-order chi connectivity index (χ0) is 18.5. The lowest BCUT2D eigenvalue weighted by atomic mass is 10.1. The Morgan fingerprint density at radius 1 is 1.12 bits per heavy atom. The summed E-state index contributed by atoms with van der Waals surface area (Å²) in [5.74, 6) is -0.228. The normalized spacial score (nSPS) is 12.3. The molecule has 0 unspecified atom stereocenters. The summed E-state index contributed by atoms with van der Waals surface area (Å²) in [5.41, 5.74) is 2.87. The summed E-state index contributed by atoms with van der Waals surface area (Å²) in [6.45, 7) is -0.225. The molecule has 1 aliphatic heterocycles. The number of carbonyl (C=O) groups excluding carboxylic acids is 2. The monoisotopic (exact) mass is 352 g/mol. The fraction of sp³-hybridized carbons (Fsp3) is 0.200. The minimum absolute atomic E-state index is 0.128. The van der Waals surface area contributed by atoms with Crippen molar-refractivity contribution in [2.24, 2.45) is 0 Å². The van der Waals surface area contributed by atoms with Crippen LogP contribution in [-0.2, 0) is 14.3 Å². The van der Waals surface area contributed by atoms with Crippen molar-refractivity contribution in [1.82, 2.24) is 0 Å². The van der Waals surface area contributed by atoms with E-state index in [2.05, 4.69) is 5.32 Å². The van der Waals surface area contributed by atoms with Crippen LogP contribution in [0.2, 0.25) is 0 Å². The van der Waals surface area contributed by atoms with Crippen LogP contribution in [0.25, 0.3) is 6.08 Å². The number of esters is 1. The molecule has 2 aromatic rings. The van der Waals surface area contributed by atoms with E-state index in [4.69, 9.17) is 9.47 Å². The van der Waals surface area contributed by atoms with Crippen molar-refractivity contribution in [3.05, 3.63) is 59.7 Å². The molecule has 0 fully saturated rings. The molecule has 1 amide bonds. The summed E-state index contributed by atoms with van der Waals surface area (Å²) >= 11 is 0. The van der Waals surface area contributed by atoms with Crippen molar-refractivity contribution in [2.75, 3.05) is 37.5 Å². The molecule has 134 valence electrons. The number of carbonyl (C=O) groups is 2. The van der Waals surface area contributed by atoms with Crippen molar-refractivity contribution in [3.63, 3.8) is 0 Å². The number of hydrogen-bond donors (Lipinski definition) is 1. The van der Waals surface area contributed by atoms with E-state index < -0.39 is 11.9 Å². The van der Waals surface area contributed by atoms with E-state index in [1.54, 1.807) is 18.2 Å². The molecule has 26 heavy (non-hydrogen) atoms. The highest BCUT2D eigenvalue weighted by Gasteiger charge is 2.19. The molecule has 0 radical (unpaired) electrons. The van der Waals surface area contributed by atoms with Gasteiger partial charge in [-0.1, -0.05) is 18.2 Å². The Balaban J connectivity index is 1.53. The largest absolute Gasteiger partial charge is 0.488 e. The Hall–Kier alpha value is -3.28. The molecule has 0 spiro atoms. The van der Waals surface area contributed by atoms with Crippen molar-refractivity contribution in [1.29, 1.82) is 0 Å². The summed E-state index contributed by atoms with van der Waals surface area (Å²) < 4.78 is 10.6. The first-order valence-corrected chi connectivity index (χ1v) is 8.20. The van der Waals surface area contributed by atoms with Gasteiger partial charge in [0.2, 0.25) is 0 Å². The van der Waals surface area contributed by atoms with E-state index in [-0.39, 0.29) is 13.2 Å². The second-order valence-electron chi connectivity index (χ2n) is 6.06. The third-order valence-corrected chi connectivity index (χ3v) is 3.90. The van der Waals surface area contributed by atoms with Crippen LogP contribution < -0.4 is 15.0 Å². The van der Waals surface area contributed by atoms with Crippen molar-refractivity contribution in [3.8, 4) is 5.75 Å². The van der Waals surface area contributed by atoms with Gasteiger partial charge >= 0.3 is 5.97 Å². The molecule has 1 aliphatic rings. The van der Waals surface area contributed by atoms with E-state index in [9.17, 15) is 9.59 Å². The molecule has 0 saturated carbocycles. The molecule has 6 heteroatoms. The fourth-order valence-electron chi connectivity index (χ4n) is 2.50. The van der Waals surface area contributed by atoms with Gasteiger partial charge in [-0.15, -0.1) is 0 Å². The van der Waals surface area contributed by atoms with E-state index in [0.717, 1.165) is 17.0 Å². The lowest BCUT2D eigenvalue weighted by molar-refractivity contribution is -0.143. The SMILES string of the molecule is CN(C)c1ccc(NC(=O)COC(=O)C2=Cc3ccccc3OC2)cc1. The second-order valence-corrected chi connectivity index (χ2v) is 6.06. The van der Waals surface area contributed by atoms with Crippen LogP contribution >= 0.6 is 0 Å². The number of nitrogens with zero attached hydrogens (tertiary/aromatic N) is 1. The maximum Gasteiger partial charge on any atom is 0.338 e. The highest BCUT2D eigenvalue weighted by atomic mass is 16.5. The Labute approximate surface area is 152 Å². The Morgan fingerprint density at radius 2 is 1.85 bits per heavy atom. The predicted molar refractivity (Wildman–Crippen MR) is 100 cm³/mol. The van der Waals surface area contributed by atoms with Crippen LogP contribution in [0.1, 0.15) is 5.56 Å². The van der Waals surface area contributed by atoms with Gasteiger partial charge in [0, 0.05) is 31.0 Å². The first-order chi connectivity index (χ1) is 12.5. The van der Waals surface area contributed by atoms with Crippen LogP contribution in [0.5, 0.6) is 5.75 Å². The van der Waals surface area contributed by atoms with Crippen LogP contribution in [0.15, 0.2) is 54.1 Å². The van der Waals surface area contributed by atoms with Gasteiger partial charge in [-0.3, -0.25) is 4.79 Å². The molecular weight excluding hydrogens is 332 g/mol. The molecule has 0 atom stereocenters. The van der Waals surface area contributed by atoms with Crippen molar-refractivity contribution in [2.45, 2.75) is 0 Å². The smallest absolute Gasteiger partial charge is 0.338 e. The summed E-state index contributed by atoms with van der Waals surface area (Å²) in [5, 5.41) is 2.70. The van der Waals surface area contributed by atoms with Gasteiger partial charge in [0.15, 0.2) is 6.61 Å². The standard InChI is InChI=1S/C20H20N2O4/c1-22(2)17-9-7-16(8-10-17)21-19(23)13-26-20(24)15-11-14-5-3-4-6-18(14)25-12-15/h3-11H,12-13H2,1-2H3,(H,21,23). The third kappa shape index (κ3) is 4.22. The fourth-order valence-corrected chi connectivity index (χ4v) is 2.50. The minimum atomic E-state index is -0.558. The molecular formula is C20H20N2O4. The quantitative estimate of drug-likeness (QED) is 0.838. The highest BCUT2D eigenvalue weighted by Crippen LogP contribution is 2.26. The number of benzene rings is 2. The third-order valence-electron chi connectivity index (χ3n) is 3.90. The number of ether oxygens (including phenoxy) is 2. The Bertz CT molecular complexity index is 841. The maximum absolute atomic E-state index is 12.1. The first-order valence-electron chi connectivity index (χ1n) is 8.20. The van der Waals surface area contributed by atoms with Gasteiger partial charge in [0.1, 0.15) is 12.4 Å². The van der Waals surface area contributed by atoms with Gasteiger partial charge in [-0.2, -0.15) is 0 Å². The number of fused-ring (bicyclic) bond motifs is 1. The molecule has 1 N–H and O–H groups in total. The van der Waals surface area contributed by atoms with Gasteiger partial charge in [0.25, 0.3) is 5.91 Å². The minimum Gasteiger partial charge on any atom is -0.488 e. The number of para-hydroxylation sites is 1. The number of rotatable bonds is 5. The van der Waals surface area contributed by atoms with Gasteiger partial charge in [-0.25, -0.2) is 4.79 Å².